The van der Waals surface area contributed by atoms with Crippen molar-refractivity contribution in [1.82, 2.24) is 29.9 Å². The Labute approximate surface area is 176 Å². The van der Waals surface area contributed by atoms with Gasteiger partial charge in [0, 0.05) is 23.6 Å². The van der Waals surface area contributed by atoms with Crippen molar-refractivity contribution in [2.24, 2.45) is 5.92 Å². The van der Waals surface area contributed by atoms with Gasteiger partial charge in [0.2, 0.25) is 5.91 Å². The second kappa shape index (κ2) is 7.64. The van der Waals surface area contributed by atoms with Crippen LogP contribution in [0, 0.1) is 12.8 Å². The average Bonchev–Trinajstić information content (AvgIpc) is 3.36. The zero-order valence-electron chi connectivity index (χ0n) is 16.6. The molecule has 0 saturated heterocycles. The van der Waals surface area contributed by atoms with Gasteiger partial charge < -0.3 is 5.32 Å². The van der Waals surface area contributed by atoms with Crippen LogP contribution in [0.15, 0.2) is 35.1 Å². The fraction of sp³-hybridized carbons (Fsp3) is 0.381. The number of fused-ring (bicyclic) bond motifs is 2. The molecule has 1 aliphatic rings. The van der Waals surface area contributed by atoms with Crippen molar-refractivity contribution in [3.63, 3.8) is 0 Å². The molecular weight excluding hydrogens is 400 g/mol. The molecule has 1 aromatic carbocycles. The third-order valence-corrected chi connectivity index (χ3v) is 6.83. The van der Waals surface area contributed by atoms with Crippen molar-refractivity contribution in [3.05, 3.63) is 57.2 Å². The number of thiazole rings is 1. The lowest BCUT2D eigenvalue weighted by Crippen LogP contribution is -2.35. The van der Waals surface area contributed by atoms with Gasteiger partial charge in [0.05, 0.1) is 21.8 Å². The fourth-order valence-electron chi connectivity index (χ4n) is 4.21. The Kier molecular flexibility index (Phi) is 4.82. The van der Waals surface area contributed by atoms with Crippen LogP contribution in [0.3, 0.4) is 0 Å². The monoisotopic (exact) mass is 422 g/mol. The lowest BCUT2D eigenvalue weighted by molar-refractivity contribution is -0.126. The summed E-state index contributed by atoms with van der Waals surface area (Å²) in [5, 5.41) is 6.96. The predicted octanol–water partition coefficient (Wildman–Crippen LogP) is 2.93. The standard InChI is InChI=1S/C21H22N6O2S/c1-12-10-18(28)27-21(23-12)25-17(26-27)11-22-19(29)13-6-2-3-7-14(13)20-24-15-8-4-5-9-16(15)30-20/h4-5,8-10,13-14H,2-3,6-7,11H2,1H3,(H,22,29)(H,23,25,26). The van der Waals surface area contributed by atoms with Crippen LogP contribution in [0.4, 0.5) is 0 Å². The molecule has 3 heterocycles. The first kappa shape index (κ1) is 18.9. The maximum Gasteiger partial charge on any atom is 0.274 e. The summed E-state index contributed by atoms with van der Waals surface area (Å²) in [4.78, 5) is 38.5. The number of carbonyl (C=O) groups is 1. The molecule has 154 valence electrons. The number of aromatic nitrogens is 5. The van der Waals surface area contributed by atoms with E-state index in [4.69, 9.17) is 4.98 Å². The van der Waals surface area contributed by atoms with Crippen molar-refractivity contribution in [3.8, 4) is 0 Å². The SMILES string of the molecule is Cc1cc(=O)n2[nH]c(CNC(=O)C3CCCCC3c3nc4ccccc4s3)nc2n1. The van der Waals surface area contributed by atoms with Crippen LogP contribution in [0.2, 0.25) is 0 Å². The highest BCUT2D eigenvalue weighted by Crippen LogP contribution is 2.40. The van der Waals surface area contributed by atoms with E-state index in [0.29, 0.717) is 17.3 Å². The largest absolute Gasteiger partial charge is 0.349 e. The Bertz CT molecular complexity index is 1260. The molecule has 0 spiro atoms. The van der Waals surface area contributed by atoms with E-state index in [2.05, 4.69) is 26.4 Å². The van der Waals surface area contributed by atoms with E-state index >= 15 is 0 Å². The summed E-state index contributed by atoms with van der Waals surface area (Å²) in [5.74, 6) is 0.863. The quantitative estimate of drug-likeness (QED) is 0.526. The molecule has 2 unspecified atom stereocenters. The van der Waals surface area contributed by atoms with E-state index in [1.165, 1.54) is 10.6 Å². The molecule has 1 aliphatic carbocycles. The number of H-pyrrole nitrogens is 1. The molecule has 0 bridgehead atoms. The number of aromatic amines is 1. The number of carbonyl (C=O) groups excluding carboxylic acids is 1. The molecule has 2 N–H and O–H groups in total. The number of nitrogens with one attached hydrogen (secondary N) is 2. The summed E-state index contributed by atoms with van der Waals surface area (Å²) in [7, 11) is 0. The van der Waals surface area contributed by atoms with Crippen molar-refractivity contribution in [1.29, 1.82) is 0 Å². The van der Waals surface area contributed by atoms with Gasteiger partial charge in [-0.2, -0.15) is 9.50 Å². The fourth-order valence-corrected chi connectivity index (χ4v) is 5.37. The lowest BCUT2D eigenvalue weighted by atomic mass is 9.79. The smallest absolute Gasteiger partial charge is 0.274 e. The number of aryl methyl sites for hydroxylation is 1. The molecule has 8 nitrogen and oxygen atoms in total. The number of benzene rings is 1. The van der Waals surface area contributed by atoms with Crippen LogP contribution in [-0.4, -0.2) is 30.5 Å². The molecule has 5 rings (SSSR count). The average molecular weight is 423 g/mol. The minimum atomic E-state index is -0.217. The highest BCUT2D eigenvalue weighted by Gasteiger charge is 2.34. The summed E-state index contributed by atoms with van der Waals surface area (Å²) in [6.07, 6.45) is 3.98. The summed E-state index contributed by atoms with van der Waals surface area (Å²) in [5.41, 5.74) is 1.39. The van der Waals surface area contributed by atoms with Crippen LogP contribution < -0.4 is 10.9 Å². The van der Waals surface area contributed by atoms with Crippen LogP contribution in [0.1, 0.15) is 48.1 Å². The van der Waals surface area contributed by atoms with E-state index in [1.807, 2.05) is 18.2 Å². The van der Waals surface area contributed by atoms with Crippen LogP contribution in [0.25, 0.3) is 16.0 Å². The van der Waals surface area contributed by atoms with E-state index < -0.39 is 0 Å². The zero-order valence-corrected chi connectivity index (χ0v) is 17.4. The molecule has 4 aromatic rings. The number of para-hydroxylation sites is 1. The Hall–Kier alpha value is -3.07. The van der Waals surface area contributed by atoms with Crippen molar-refractivity contribution >= 4 is 33.2 Å². The molecule has 0 radical (unpaired) electrons. The minimum absolute atomic E-state index is 0.0101. The van der Waals surface area contributed by atoms with E-state index in [-0.39, 0.29) is 29.8 Å². The Morgan fingerprint density at radius 2 is 2.07 bits per heavy atom. The number of hydrogen-bond acceptors (Lipinski definition) is 6. The first-order chi connectivity index (χ1) is 14.6. The van der Waals surface area contributed by atoms with Crippen molar-refractivity contribution in [2.45, 2.75) is 45.1 Å². The molecular formula is C21H22N6O2S. The van der Waals surface area contributed by atoms with Crippen LogP contribution in [0.5, 0.6) is 0 Å². The third-order valence-electron chi connectivity index (χ3n) is 5.67. The Morgan fingerprint density at radius 3 is 2.93 bits per heavy atom. The first-order valence-corrected chi connectivity index (χ1v) is 11.0. The van der Waals surface area contributed by atoms with Gasteiger partial charge in [-0.3, -0.25) is 14.7 Å². The zero-order chi connectivity index (χ0) is 20.7. The van der Waals surface area contributed by atoms with E-state index in [9.17, 15) is 9.59 Å². The minimum Gasteiger partial charge on any atom is -0.349 e. The highest BCUT2D eigenvalue weighted by molar-refractivity contribution is 7.18. The van der Waals surface area contributed by atoms with Crippen molar-refractivity contribution in [2.75, 3.05) is 0 Å². The Morgan fingerprint density at radius 1 is 1.23 bits per heavy atom. The van der Waals surface area contributed by atoms with Gasteiger partial charge in [-0.25, -0.2) is 9.97 Å². The third kappa shape index (κ3) is 3.49. The van der Waals surface area contributed by atoms with Gasteiger partial charge in [0.1, 0.15) is 5.82 Å². The summed E-state index contributed by atoms with van der Waals surface area (Å²) >= 11 is 1.69. The summed E-state index contributed by atoms with van der Waals surface area (Å²) in [6, 6.07) is 9.55. The van der Waals surface area contributed by atoms with Gasteiger partial charge in [-0.05, 0) is 31.9 Å². The first-order valence-electron chi connectivity index (χ1n) is 10.2. The molecule has 2 atom stereocenters. The molecule has 1 fully saturated rings. The van der Waals surface area contributed by atoms with Gasteiger partial charge >= 0.3 is 0 Å². The predicted molar refractivity (Wildman–Crippen MR) is 115 cm³/mol. The topological polar surface area (TPSA) is 105 Å². The van der Waals surface area contributed by atoms with Gasteiger partial charge in [0.15, 0.2) is 0 Å². The maximum absolute atomic E-state index is 13.0. The summed E-state index contributed by atoms with van der Waals surface area (Å²) < 4.78 is 2.45. The maximum atomic E-state index is 13.0. The molecule has 30 heavy (non-hydrogen) atoms. The van der Waals surface area contributed by atoms with Crippen LogP contribution in [-0.2, 0) is 11.3 Å². The van der Waals surface area contributed by atoms with E-state index in [0.717, 1.165) is 40.9 Å². The molecule has 1 saturated carbocycles. The van der Waals surface area contributed by atoms with Gasteiger partial charge in [-0.15, -0.1) is 11.3 Å². The molecule has 3 aromatic heterocycles. The molecule has 0 aliphatic heterocycles. The number of hydrogen-bond donors (Lipinski definition) is 2. The number of nitrogens with zero attached hydrogens (tertiary/aromatic N) is 4. The summed E-state index contributed by atoms with van der Waals surface area (Å²) in [6.45, 7) is 1.98. The van der Waals surface area contributed by atoms with Crippen LogP contribution >= 0.6 is 11.3 Å². The normalized spacial score (nSPS) is 19.4. The van der Waals surface area contributed by atoms with E-state index in [1.54, 1.807) is 18.3 Å². The lowest BCUT2D eigenvalue weighted by Gasteiger charge is -2.29. The van der Waals surface area contributed by atoms with Crippen molar-refractivity contribution < 1.29 is 4.79 Å². The number of amides is 1. The molecule has 9 heteroatoms. The second-order valence-electron chi connectivity index (χ2n) is 7.78. The second-order valence-corrected chi connectivity index (χ2v) is 8.84. The van der Waals surface area contributed by atoms with Gasteiger partial charge in [-0.1, -0.05) is 25.0 Å². The van der Waals surface area contributed by atoms with Gasteiger partial charge in [0.25, 0.3) is 11.3 Å². The molecule has 1 amide bonds. The Balaban J connectivity index is 1.34. The highest BCUT2D eigenvalue weighted by atomic mass is 32.1. The number of rotatable bonds is 4.